The third-order valence-electron chi connectivity index (χ3n) is 5.70. The molecule has 0 radical (unpaired) electrons. The van der Waals surface area contributed by atoms with Gasteiger partial charge in [0.25, 0.3) is 0 Å². The van der Waals surface area contributed by atoms with Crippen LogP contribution in [0.25, 0.3) is 0 Å². The van der Waals surface area contributed by atoms with Crippen molar-refractivity contribution in [3.05, 3.63) is 125 Å². The van der Waals surface area contributed by atoms with Crippen LogP contribution in [0, 0.1) is 6.92 Å². The van der Waals surface area contributed by atoms with Crippen LogP contribution in [0.1, 0.15) is 55.5 Å². The second kappa shape index (κ2) is 14.9. The largest absolute Gasteiger partial charge is 0.497 e. The van der Waals surface area contributed by atoms with Crippen LogP contribution < -0.4 is 9.47 Å². The van der Waals surface area contributed by atoms with Crippen LogP contribution in [0.5, 0.6) is 17.2 Å². The molecule has 7 heteroatoms. The Balaban J connectivity index is 0.000000241. The van der Waals surface area contributed by atoms with Crippen LogP contribution in [0.2, 0.25) is 0 Å². The summed E-state index contributed by atoms with van der Waals surface area (Å²) in [6.07, 6.45) is 0.784. The smallest absolute Gasteiger partial charge is 0.338 e. The van der Waals surface area contributed by atoms with Gasteiger partial charge in [-0.15, -0.1) is 0 Å². The highest BCUT2D eigenvalue weighted by Gasteiger charge is 2.10. The molecule has 0 aliphatic carbocycles. The molecule has 0 atom stereocenters. The fourth-order valence-electron chi connectivity index (χ4n) is 3.46. The minimum Gasteiger partial charge on any atom is -0.497 e. The number of carbonyl (C=O) groups is 3. The lowest BCUT2D eigenvalue weighted by molar-refractivity contribution is 0.0503. The number of methoxy groups -OCH3 is 2. The van der Waals surface area contributed by atoms with E-state index in [0.29, 0.717) is 40.4 Å². The van der Waals surface area contributed by atoms with Crippen molar-refractivity contribution in [2.45, 2.75) is 20.3 Å². The van der Waals surface area contributed by atoms with Crippen LogP contribution in [0.4, 0.5) is 0 Å². The van der Waals surface area contributed by atoms with Crippen molar-refractivity contribution in [1.82, 2.24) is 0 Å². The van der Waals surface area contributed by atoms with Crippen LogP contribution in [0.3, 0.4) is 0 Å². The van der Waals surface area contributed by atoms with Gasteiger partial charge >= 0.3 is 11.9 Å². The van der Waals surface area contributed by atoms with E-state index in [9.17, 15) is 14.4 Å². The first kappa shape index (κ1) is 29.6. The van der Waals surface area contributed by atoms with E-state index in [4.69, 9.17) is 14.2 Å². The first-order valence-corrected chi connectivity index (χ1v) is 12.7. The predicted molar refractivity (Wildman–Crippen MR) is 152 cm³/mol. The maximum absolute atomic E-state index is 12.4. The van der Waals surface area contributed by atoms with Crippen LogP contribution in [-0.4, -0.2) is 38.5 Å². The molecule has 0 saturated carbocycles. The lowest BCUT2D eigenvalue weighted by atomic mass is 10.0. The summed E-state index contributed by atoms with van der Waals surface area (Å²) < 4.78 is 20.4. The Labute approximate surface area is 234 Å². The van der Waals surface area contributed by atoms with E-state index in [1.165, 1.54) is 19.2 Å². The molecule has 0 bridgehead atoms. The molecule has 7 nitrogen and oxygen atoms in total. The van der Waals surface area contributed by atoms with Crippen molar-refractivity contribution >= 4 is 17.7 Å². The zero-order valence-electron chi connectivity index (χ0n) is 23.0. The van der Waals surface area contributed by atoms with E-state index < -0.39 is 5.97 Å². The minimum absolute atomic E-state index is 0.00555. The third-order valence-corrected chi connectivity index (χ3v) is 5.70. The molecule has 0 aromatic heterocycles. The molecular formula is C33H32O7. The molecule has 206 valence electrons. The maximum atomic E-state index is 12.4. The van der Waals surface area contributed by atoms with Gasteiger partial charge in [-0.25, -0.2) is 9.59 Å². The van der Waals surface area contributed by atoms with E-state index in [-0.39, 0.29) is 11.8 Å². The van der Waals surface area contributed by atoms with E-state index in [1.807, 2.05) is 62.4 Å². The Bertz CT molecular complexity index is 1390. The molecule has 0 aliphatic heterocycles. The van der Waals surface area contributed by atoms with Crippen molar-refractivity contribution in [2.75, 3.05) is 20.8 Å². The molecule has 4 aromatic rings. The van der Waals surface area contributed by atoms with Gasteiger partial charge in [-0.1, -0.05) is 36.8 Å². The number of hydrogen-bond donors (Lipinski definition) is 0. The van der Waals surface area contributed by atoms with Gasteiger partial charge in [-0.3, -0.25) is 4.79 Å². The number of aryl methyl sites for hydroxylation is 1. The summed E-state index contributed by atoms with van der Waals surface area (Å²) in [6, 6.07) is 28.2. The molecule has 0 unspecified atom stereocenters. The number of benzene rings is 4. The number of rotatable bonds is 9. The second-order valence-corrected chi connectivity index (χ2v) is 8.70. The van der Waals surface area contributed by atoms with Gasteiger partial charge in [0.2, 0.25) is 0 Å². The van der Waals surface area contributed by atoms with Crippen LogP contribution in [-0.2, 0) is 9.47 Å². The fraction of sp³-hybridized carbons (Fsp3) is 0.182. The number of hydrogen-bond acceptors (Lipinski definition) is 7. The Morgan fingerprint density at radius 3 is 1.48 bits per heavy atom. The van der Waals surface area contributed by atoms with E-state index >= 15 is 0 Å². The summed E-state index contributed by atoms with van der Waals surface area (Å²) in [5, 5.41) is 0. The summed E-state index contributed by atoms with van der Waals surface area (Å²) >= 11 is 0. The van der Waals surface area contributed by atoms with Crippen LogP contribution >= 0.6 is 0 Å². The van der Waals surface area contributed by atoms with E-state index in [0.717, 1.165) is 17.7 Å². The van der Waals surface area contributed by atoms with Crippen molar-refractivity contribution in [1.29, 1.82) is 0 Å². The second-order valence-electron chi connectivity index (χ2n) is 8.70. The SMILES string of the molecule is CCCOC(=O)c1ccc(C(=O)OC)cc1.COc1ccc(Oc2ccc(C(=O)c3ccc(C)cc3)cc2)cc1. The first-order chi connectivity index (χ1) is 19.3. The van der Waals surface area contributed by atoms with Crippen molar-refractivity contribution < 1.29 is 33.3 Å². The zero-order valence-corrected chi connectivity index (χ0v) is 23.0. The molecule has 4 aromatic carbocycles. The van der Waals surface area contributed by atoms with Gasteiger partial charge in [-0.2, -0.15) is 0 Å². The third kappa shape index (κ3) is 8.56. The molecule has 0 fully saturated rings. The summed E-state index contributed by atoms with van der Waals surface area (Å²) in [7, 11) is 2.94. The molecule has 4 rings (SSSR count). The highest BCUT2D eigenvalue weighted by Crippen LogP contribution is 2.24. The van der Waals surface area contributed by atoms with Gasteiger partial charge in [0.05, 0.1) is 32.0 Å². The predicted octanol–water partition coefficient (Wildman–Crippen LogP) is 7.07. The topological polar surface area (TPSA) is 88.1 Å². The van der Waals surface area contributed by atoms with E-state index in [2.05, 4.69) is 4.74 Å². The molecule has 0 N–H and O–H groups in total. The molecular weight excluding hydrogens is 508 g/mol. The summed E-state index contributed by atoms with van der Waals surface area (Å²) in [5.41, 5.74) is 3.30. The highest BCUT2D eigenvalue weighted by atomic mass is 16.5. The summed E-state index contributed by atoms with van der Waals surface area (Å²) in [4.78, 5) is 35.0. The summed E-state index contributed by atoms with van der Waals surface area (Å²) in [5.74, 6) is 1.38. The lowest BCUT2D eigenvalue weighted by Crippen LogP contribution is -2.07. The first-order valence-electron chi connectivity index (χ1n) is 12.7. The number of ether oxygens (including phenoxy) is 4. The van der Waals surface area contributed by atoms with Crippen molar-refractivity contribution in [2.24, 2.45) is 0 Å². The average molecular weight is 541 g/mol. The molecule has 40 heavy (non-hydrogen) atoms. The quantitative estimate of drug-likeness (QED) is 0.166. The van der Waals surface area contributed by atoms with Gasteiger partial charge in [0.15, 0.2) is 5.78 Å². The van der Waals surface area contributed by atoms with E-state index in [1.54, 1.807) is 43.5 Å². The lowest BCUT2D eigenvalue weighted by Gasteiger charge is -2.07. The standard InChI is InChI=1S/C21H18O3.C12H14O4/c1-15-3-5-16(6-4-15)21(22)17-7-9-19(10-8-17)24-20-13-11-18(23-2)12-14-20;1-3-8-16-12(14)10-6-4-9(5-7-10)11(13)15-2/h3-14H,1-2H3;4-7H,3,8H2,1-2H3. The summed E-state index contributed by atoms with van der Waals surface area (Å²) in [6.45, 7) is 4.32. The molecule has 0 saturated heterocycles. The monoisotopic (exact) mass is 540 g/mol. The number of esters is 2. The van der Waals surface area contributed by atoms with Crippen LogP contribution in [0.15, 0.2) is 97.1 Å². The fourth-order valence-corrected chi connectivity index (χ4v) is 3.46. The zero-order chi connectivity index (χ0) is 28.9. The maximum Gasteiger partial charge on any atom is 0.338 e. The van der Waals surface area contributed by atoms with Gasteiger partial charge in [0.1, 0.15) is 17.2 Å². The molecule has 0 aliphatic rings. The Kier molecular flexibility index (Phi) is 11.0. The van der Waals surface area contributed by atoms with Gasteiger partial charge in [0, 0.05) is 11.1 Å². The normalized spacial score (nSPS) is 10.0. The highest BCUT2D eigenvalue weighted by molar-refractivity contribution is 6.09. The van der Waals surface area contributed by atoms with Crippen molar-refractivity contribution in [3.63, 3.8) is 0 Å². The average Bonchev–Trinajstić information content (AvgIpc) is 3.00. The minimum atomic E-state index is -0.423. The van der Waals surface area contributed by atoms with Gasteiger partial charge < -0.3 is 18.9 Å². The molecule has 0 amide bonds. The van der Waals surface area contributed by atoms with Gasteiger partial charge in [-0.05, 0) is 86.1 Å². The molecule has 0 spiro atoms. The Morgan fingerprint density at radius 1 is 0.575 bits per heavy atom. The number of carbonyl (C=O) groups excluding carboxylic acids is 3. The van der Waals surface area contributed by atoms with Crippen molar-refractivity contribution in [3.8, 4) is 17.2 Å². The Morgan fingerprint density at radius 2 is 1.00 bits per heavy atom. The number of ketones is 1. The molecule has 0 heterocycles. The Hall–Kier alpha value is -4.91.